The van der Waals surface area contributed by atoms with E-state index in [1.807, 2.05) is 18.7 Å². The highest BCUT2D eigenvalue weighted by Crippen LogP contribution is 2.22. The average molecular weight is 264 g/mol. The highest BCUT2D eigenvalue weighted by atomic mass is 35.5. The number of halogens is 1. The zero-order valence-electron chi connectivity index (χ0n) is 11.2. The molecular weight excluding hydrogens is 246 g/mol. The third kappa shape index (κ3) is 2.51. The van der Waals surface area contributed by atoms with Crippen molar-refractivity contribution in [3.05, 3.63) is 45.7 Å². The molecule has 0 atom stereocenters. The van der Waals surface area contributed by atoms with E-state index in [9.17, 15) is 0 Å². The van der Waals surface area contributed by atoms with Crippen LogP contribution in [0.25, 0.3) is 0 Å². The van der Waals surface area contributed by atoms with Crippen LogP contribution >= 0.6 is 11.6 Å². The maximum atomic E-state index is 6.22. The molecule has 1 heterocycles. The molecule has 0 saturated heterocycles. The lowest BCUT2D eigenvalue weighted by Crippen LogP contribution is -2.06. The van der Waals surface area contributed by atoms with Gasteiger partial charge >= 0.3 is 0 Å². The molecule has 3 nitrogen and oxygen atoms in total. The van der Waals surface area contributed by atoms with Crippen LogP contribution in [-0.2, 0) is 13.6 Å². The van der Waals surface area contributed by atoms with Gasteiger partial charge in [-0.25, -0.2) is 0 Å². The molecule has 0 bridgehead atoms. The van der Waals surface area contributed by atoms with Gasteiger partial charge in [-0.3, -0.25) is 4.68 Å². The normalized spacial score (nSPS) is 10.7. The van der Waals surface area contributed by atoms with E-state index in [1.54, 1.807) is 0 Å². The van der Waals surface area contributed by atoms with Crippen molar-refractivity contribution in [1.29, 1.82) is 0 Å². The maximum absolute atomic E-state index is 6.22. The molecule has 0 spiro atoms. The van der Waals surface area contributed by atoms with Crippen LogP contribution < -0.4 is 5.32 Å². The molecule has 2 aromatic rings. The van der Waals surface area contributed by atoms with Crippen LogP contribution in [0.5, 0.6) is 0 Å². The molecule has 1 N–H and O–H groups in total. The second kappa shape index (κ2) is 5.02. The fourth-order valence-electron chi connectivity index (χ4n) is 2.06. The van der Waals surface area contributed by atoms with E-state index >= 15 is 0 Å². The van der Waals surface area contributed by atoms with Crippen molar-refractivity contribution in [3.63, 3.8) is 0 Å². The van der Waals surface area contributed by atoms with Crippen molar-refractivity contribution < 1.29 is 0 Å². The fraction of sp³-hybridized carbons (Fsp3) is 0.357. The number of benzene rings is 1. The Bertz CT molecular complexity index is 573. The van der Waals surface area contributed by atoms with Gasteiger partial charge in [-0.1, -0.05) is 29.3 Å². The number of nitrogens with zero attached hydrogens (tertiary/aromatic N) is 2. The van der Waals surface area contributed by atoms with E-state index < -0.39 is 0 Å². The Labute approximate surface area is 113 Å². The fourth-order valence-corrected chi connectivity index (χ4v) is 2.29. The van der Waals surface area contributed by atoms with Crippen LogP contribution in [0.4, 0.5) is 5.69 Å². The van der Waals surface area contributed by atoms with Gasteiger partial charge in [0.1, 0.15) is 0 Å². The van der Waals surface area contributed by atoms with Crippen LogP contribution in [0, 0.1) is 20.8 Å². The van der Waals surface area contributed by atoms with Gasteiger partial charge < -0.3 is 5.32 Å². The summed E-state index contributed by atoms with van der Waals surface area (Å²) in [5, 5.41) is 8.46. The summed E-state index contributed by atoms with van der Waals surface area (Å²) in [7, 11) is 1.91. The molecule has 1 aromatic carbocycles. The summed E-state index contributed by atoms with van der Waals surface area (Å²) in [5.41, 5.74) is 5.53. The molecule has 2 rings (SSSR count). The summed E-state index contributed by atoms with van der Waals surface area (Å²) in [6.07, 6.45) is 0. The first-order valence-electron chi connectivity index (χ1n) is 5.98. The molecule has 4 heteroatoms. The molecule has 0 saturated carbocycles. The van der Waals surface area contributed by atoms with E-state index in [2.05, 4.69) is 42.5 Å². The van der Waals surface area contributed by atoms with Gasteiger partial charge in [0.2, 0.25) is 0 Å². The van der Waals surface area contributed by atoms with Crippen molar-refractivity contribution in [2.45, 2.75) is 27.3 Å². The monoisotopic (exact) mass is 263 g/mol. The van der Waals surface area contributed by atoms with Gasteiger partial charge in [-0.05, 0) is 32.4 Å². The lowest BCUT2D eigenvalue weighted by atomic mass is 10.1. The number of aromatic nitrogens is 2. The number of hydrogen-bond donors (Lipinski definition) is 1. The van der Waals surface area contributed by atoms with E-state index in [-0.39, 0.29) is 0 Å². The van der Waals surface area contributed by atoms with Crippen molar-refractivity contribution >= 4 is 17.3 Å². The second-order valence-corrected chi connectivity index (χ2v) is 5.02. The second-order valence-electron chi connectivity index (χ2n) is 4.64. The minimum absolute atomic E-state index is 0.681. The molecule has 0 amide bonds. The first-order chi connectivity index (χ1) is 8.49. The summed E-state index contributed by atoms with van der Waals surface area (Å²) >= 11 is 6.22. The van der Waals surface area contributed by atoms with Gasteiger partial charge in [-0.2, -0.15) is 5.10 Å². The van der Waals surface area contributed by atoms with Crippen molar-refractivity contribution in [1.82, 2.24) is 9.78 Å². The summed E-state index contributed by atoms with van der Waals surface area (Å²) in [4.78, 5) is 0. The molecule has 0 aliphatic carbocycles. The number of nitrogens with one attached hydrogen (secondary N) is 1. The van der Waals surface area contributed by atoms with Crippen molar-refractivity contribution in [2.24, 2.45) is 7.05 Å². The molecule has 0 fully saturated rings. The molecule has 96 valence electrons. The molecule has 0 unspecified atom stereocenters. The predicted octanol–water partition coefficient (Wildman–Crippen LogP) is 3.61. The number of hydrogen-bond acceptors (Lipinski definition) is 2. The van der Waals surface area contributed by atoms with Crippen LogP contribution in [0.15, 0.2) is 18.2 Å². The van der Waals surface area contributed by atoms with Crippen LogP contribution in [0.1, 0.15) is 22.5 Å². The van der Waals surface area contributed by atoms with Crippen LogP contribution in [0.3, 0.4) is 0 Å². The molecule has 0 aliphatic heterocycles. The average Bonchev–Trinajstić information content (AvgIpc) is 2.53. The van der Waals surface area contributed by atoms with Gasteiger partial charge in [0.15, 0.2) is 0 Å². The number of rotatable bonds is 3. The Kier molecular flexibility index (Phi) is 3.62. The molecular formula is C14H18ClN3. The summed E-state index contributed by atoms with van der Waals surface area (Å²) in [6, 6.07) is 6.37. The highest BCUT2D eigenvalue weighted by molar-refractivity contribution is 6.31. The Hall–Kier alpha value is -1.48. The Balaban J connectivity index is 2.16. The number of anilines is 1. The first-order valence-corrected chi connectivity index (χ1v) is 6.36. The number of aryl methyl sites for hydroxylation is 4. The quantitative estimate of drug-likeness (QED) is 0.917. The van der Waals surface area contributed by atoms with Gasteiger partial charge in [0.05, 0.1) is 23.0 Å². The lowest BCUT2D eigenvalue weighted by Gasteiger charge is -2.10. The molecule has 1 aromatic heterocycles. The standard InChI is InChI=1S/C14H18ClN3/c1-9-5-6-12(10(2)7-9)16-8-13-14(15)11(3)17-18(13)4/h5-7,16H,8H2,1-4H3. The van der Waals surface area contributed by atoms with Gasteiger partial charge in [0, 0.05) is 12.7 Å². The van der Waals surface area contributed by atoms with Crippen LogP contribution in [-0.4, -0.2) is 9.78 Å². The molecule has 18 heavy (non-hydrogen) atoms. The van der Waals surface area contributed by atoms with E-state index in [0.29, 0.717) is 6.54 Å². The smallest absolute Gasteiger partial charge is 0.0865 e. The minimum Gasteiger partial charge on any atom is -0.379 e. The zero-order valence-corrected chi connectivity index (χ0v) is 12.0. The Morgan fingerprint density at radius 3 is 2.56 bits per heavy atom. The Morgan fingerprint density at radius 2 is 2.00 bits per heavy atom. The summed E-state index contributed by atoms with van der Waals surface area (Å²) in [6.45, 7) is 6.80. The lowest BCUT2D eigenvalue weighted by molar-refractivity contribution is 0.713. The largest absolute Gasteiger partial charge is 0.379 e. The predicted molar refractivity (Wildman–Crippen MR) is 76.2 cm³/mol. The van der Waals surface area contributed by atoms with Gasteiger partial charge in [0.25, 0.3) is 0 Å². The van der Waals surface area contributed by atoms with Crippen molar-refractivity contribution in [2.75, 3.05) is 5.32 Å². The van der Waals surface area contributed by atoms with E-state index in [0.717, 1.165) is 22.1 Å². The zero-order chi connectivity index (χ0) is 13.3. The minimum atomic E-state index is 0.681. The van der Waals surface area contributed by atoms with E-state index in [1.165, 1.54) is 11.1 Å². The Morgan fingerprint density at radius 1 is 1.28 bits per heavy atom. The highest BCUT2D eigenvalue weighted by Gasteiger charge is 2.10. The van der Waals surface area contributed by atoms with E-state index in [4.69, 9.17) is 11.6 Å². The third-order valence-corrected chi connectivity index (χ3v) is 3.58. The third-order valence-electron chi connectivity index (χ3n) is 3.09. The summed E-state index contributed by atoms with van der Waals surface area (Å²) in [5.74, 6) is 0. The van der Waals surface area contributed by atoms with Crippen molar-refractivity contribution in [3.8, 4) is 0 Å². The molecule has 0 aliphatic rings. The topological polar surface area (TPSA) is 29.9 Å². The molecule has 0 radical (unpaired) electrons. The van der Waals surface area contributed by atoms with Gasteiger partial charge in [-0.15, -0.1) is 0 Å². The maximum Gasteiger partial charge on any atom is 0.0865 e. The first kappa shape index (κ1) is 13.0. The van der Waals surface area contributed by atoms with Crippen LogP contribution in [0.2, 0.25) is 5.02 Å². The SMILES string of the molecule is Cc1ccc(NCc2c(Cl)c(C)nn2C)c(C)c1. The summed E-state index contributed by atoms with van der Waals surface area (Å²) < 4.78 is 1.83.